The molecule has 11 heteroatoms. The molecule has 0 saturated carbocycles. The summed E-state index contributed by atoms with van der Waals surface area (Å²) in [6.07, 6.45) is 1.32. The molecule has 0 aromatic heterocycles. The van der Waals surface area contributed by atoms with Gasteiger partial charge in [0.1, 0.15) is 11.3 Å². The standard InChI is InChI=1S/C19H12BrCl2N3O5/c20-12-6-9(1-4-15(12)30-8-16(23)26)5-11-17(27)24-19(29)25(18(11)28)10-2-3-13(21)14(22)7-10/h1-7H,8H2,(H2,23,26)(H,24,27,29)/b11-5+. The third kappa shape index (κ3) is 4.64. The number of imide groups is 2. The maximum absolute atomic E-state index is 12.9. The molecule has 0 aliphatic carbocycles. The van der Waals surface area contributed by atoms with Gasteiger partial charge < -0.3 is 10.5 Å². The lowest BCUT2D eigenvalue weighted by Gasteiger charge is -2.26. The van der Waals surface area contributed by atoms with Gasteiger partial charge in [-0.15, -0.1) is 0 Å². The quantitative estimate of drug-likeness (QED) is 0.470. The van der Waals surface area contributed by atoms with Crippen LogP contribution in [0.25, 0.3) is 6.08 Å². The van der Waals surface area contributed by atoms with Crippen LogP contribution in [0, 0.1) is 0 Å². The number of nitrogens with zero attached hydrogens (tertiary/aromatic N) is 1. The molecule has 5 amide bonds. The van der Waals surface area contributed by atoms with Gasteiger partial charge in [0, 0.05) is 0 Å². The average molecular weight is 513 g/mol. The molecule has 8 nitrogen and oxygen atoms in total. The summed E-state index contributed by atoms with van der Waals surface area (Å²) < 4.78 is 5.70. The first-order valence-corrected chi connectivity index (χ1v) is 9.79. The van der Waals surface area contributed by atoms with Crippen molar-refractivity contribution in [1.82, 2.24) is 5.32 Å². The minimum absolute atomic E-state index is 0.146. The third-order valence-corrected chi connectivity index (χ3v) is 5.26. The Morgan fingerprint density at radius 1 is 1.13 bits per heavy atom. The van der Waals surface area contributed by atoms with E-state index >= 15 is 0 Å². The van der Waals surface area contributed by atoms with Crippen LogP contribution in [-0.4, -0.2) is 30.4 Å². The number of nitrogens with two attached hydrogens (primary N) is 1. The van der Waals surface area contributed by atoms with E-state index in [9.17, 15) is 19.2 Å². The molecule has 3 rings (SSSR count). The van der Waals surface area contributed by atoms with E-state index in [0.29, 0.717) is 15.8 Å². The summed E-state index contributed by atoms with van der Waals surface area (Å²) in [7, 11) is 0. The van der Waals surface area contributed by atoms with E-state index < -0.39 is 23.8 Å². The molecule has 1 fully saturated rings. The Morgan fingerprint density at radius 3 is 2.50 bits per heavy atom. The van der Waals surface area contributed by atoms with Crippen LogP contribution in [0.3, 0.4) is 0 Å². The number of barbiturate groups is 1. The van der Waals surface area contributed by atoms with Crippen LogP contribution >= 0.6 is 39.1 Å². The fourth-order valence-electron chi connectivity index (χ4n) is 2.56. The van der Waals surface area contributed by atoms with Gasteiger partial charge in [0.2, 0.25) is 0 Å². The largest absolute Gasteiger partial charge is 0.483 e. The number of halogens is 3. The second kappa shape index (κ2) is 8.86. The predicted octanol–water partition coefficient (Wildman–Crippen LogP) is 3.29. The van der Waals surface area contributed by atoms with Crippen molar-refractivity contribution < 1.29 is 23.9 Å². The lowest BCUT2D eigenvalue weighted by atomic mass is 10.1. The minimum Gasteiger partial charge on any atom is -0.483 e. The predicted molar refractivity (Wildman–Crippen MR) is 114 cm³/mol. The van der Waals surface area contributed by atoms with Crippen LogP contribution in [0.1, 0.15) is 5.56 Å². The van der Waals surface area contributed by atoms with Gasteiger partial charge in [0.15, 0.2) is 6.61 Å². The van der Waals surface area contributed by atoms with Gasteiger partial charge in [-0.1, -0.05) is 29.3 Å². The SMILES string of the molecule is NC(=O)COc1ccc(/C=C2\C(=O)NC(=O)N(c3ccc(Cl)c(Cl)c3)C2=O)cc1Br. The molecular formula is C19H12BrCl2N3O5. The van der Waals surface area contributed by atoms with Crippen molar-refractivity contribution in [2.24, 2.45) is 5.73 Å². The van der Waals surface area contributed by atoms with Crippen LogP contribution in [0.5, 0.6) is 5.75 Å². The van der Waals surface area contributed by atoms with Crippen molar-refractivity contribution in [2.45, 2.75) is 0 Å². The molecule has 0 radical (unpaired) electrons. The summed E-state index contributed by atoms with van der Waals surface area (Å²) in [5, 5.41) is 2.51. The van der Waals surface area contributed by atoms with E-state index in [1.54, 1.807) is 12.1 Å². The second-order valence-corrected chi connectivity index (χ2v) is 7.67. The van der Waals surface area contributed by atoms with Crippen LogP contribution in [0.15, 0.2) is 46.4 Å². The smallest absolute Gasteiger partial charge is 0.335 e. The van der Waals surface area contributed by atoms with E-state index in [0.717, 1.165) is 4.90 Å². The molecule has 0 unspecified atom stereocenters. The molecule has 1 saturated heterocycles. The average Bonchev–Trinajstić information content (AvgIpc) is 2.67. The topological polar surface area (TPSA) is 119 Å². The molecular weight excluding hydrogens is 501 g/mol. The summed E-state index contributed by atoms with van der Waals surface area (Å²) in [6, 6.07) is 7.97. The van der Waals surface area contributed by atoms with E-state index in [1.807, 2.05) is 0 Å². The molecule has 2 aromatic carbocycles. The van der Waals surface area contributed by atoms with E-state index in [1.165, 1.54) is 30.3 Å². The van der Waals surface area contributed by atoms with E-state index in [4.69, 9.17) is 33.7 Å². The number of benzene rings is 2. The number of amides is 5. The molecule has 0 atom stereocenters. The Balaban J connectivity index is 1.93. The lowest BCUT2D eigenvalue weighted by Crippen LogP contribution is -2.54. The number of nitrogens with one attached hydrogen (secondary N) is 1. The number of carbonyl (C=O) groups excluding carboxylic acids is 4. The monoisotopic (exact) mass is 511 g/mol. The number of hydrogen-bond donors (Lipinski definition) is 2. The molecule has 1 aliphatic heterocycles. The van der Waals surface area contributed by atoms with Crippen molar-refractivity contribution in [3.8, 4) is 5.75 Å². The van der Waals surface area contributed by atoms with Gasteiger partial charge in [-0.2, -0.15) is 0 Å². The fourth-order valence-corrected chi connectivity index (χ4v) is 3.36. The normalized spacial score (nSPS) is 15.4. The highest BCUT2D eigenvalue weighted by atomic mass is 79.9. The van der Waals surface area contributed by atoms with Crippen molar-refractivity contribution in [1.29, 1.82) is 0 Å². The molecule has 1 aliphatic rings. The van der Waals surface area contributed by atoms with Gasteiger partial charge >= 0.3 is 6.03 Å². The Morgan fingerprint density at radius 2 is 1.87 bits per heavy atom. The molecule has 154 valence electrons. The number of hydrogen-bond acceptors (Lipinski definition) is 5. The third-order valence-electron chi connectivity index (χ3n) is 3.90. The Hall–Kier alpha value is -2.88. The van der Waals surface area contributed by atoms with Gasteiger partial charge in [0.25, 0.3) is 17.7 Å². The molecule has 0 bridgehead atoms. The number of carbonyl (C=O) groups is 4. The molecule has 2 aromatic rings. The molecule has 30 heavy (non-hydrogen) atoms. The van der Waals surface area contributed by atoms with E-state index in [-0.39, 0.29) is 27.9 Å². The van der Waals surface area contributed by atoms with Crippen LogP contribution in [-0.2, 0) is 14.4 Å². The summed E-state index contributed by atoms with van der Waals surface area (Å²) in [4.78, 5) is 49.0. The number of urea groups is 1. The van der Waals surface area contributed by atoms with Crippen molar-refractivity contribution in [3.05, 3.63) is 62.1 Å². The lowest BCUT2D eigenvalue weighted by molar-refractivity contribution is -0.123. The maximum Gasteiger partial charge on any atom is 0.335 e. The zero-order valence-corrected chi connectivity index (χ0v) is 18.0. The van der Waals surface area contributed by atoms with Gasteiger partial charge in [-0.05, 0) is 57.9 Å². The van der Waals surface area contributed by atoms with Crippen LogP contribution in [0.2, 0.25) is 10.0 Å². The zero-order chi connectivity index (χ0) is 22.0. The number of anilines is 1. The number of rotatable bonds is 5. The molecule has 3 N–H and O–H groups in total. The van der Waals surface area contributed by atoms with Crippen molar-refractivity contribution in [2.75, 3.05) is 11.5 Å². The van der Waals surface area contributed by atoms with E-state index in [2.05, 4.69) is 21.2 Å². The first-order valence-electron chi connectivity index (χ1n) is 8.24. The molecule has 1 heterocycles. The first-order chi connectivity index (χ1) is 14.2. The number of ether oxygens (including phenoxy) is 1. The fraction of sp³-hybridized carbons (Fsp3) is 0.0526. The van der Waals surface area contributed by atoms with Crippen LogP contribution in [0.4, 0.5) is 10.5 Å². The van der Waals surface area contributed by atoms with Crippen molar-refractivity contribution in [3.63, 3.8) is 0 Å². The summed E-state index contributed by atoms with van der Waals surface area (Å²) in [5.74, 6) is -1.95. The molecule has 0 spiro atoms. The van der Waals surface area contributed by atoms with Gasteiger partial charge in [0.05, 0.1) is 20.2 Å². The Kier molecular flexibility index (Phi) is 6.45. The second-order valence-electron chi connectivity index (χ2n) is 6.00. The summed E-state index contributed by atoms with van der Waals surface area (Å²) >= 11 is 15.1. The minimum atomic E-state index is -0.906. The highest BCUT2D eigenvalue weighted by Crippen LogP contribution is 2.30. The summed E-state index contributed by atoms with van der Waals surface area (Å²) in [5.41, 5.74) is 5.40. The first kappa shape index (κ1) is 21.8. The highest BCUT2D eigenvalue weighted by Gasteiger charge is 2.37. The highest BCUT2D eigenvalue weighted by molar-refractivity contribution is 9.10. The van der Waals surface area contributed by atoms with Crippen LogP contribution < -0.4 is 20.7 Å². The Bertz CT molecular complexity index is 1120. The van der Waals surface area contributed by atoms with Crippen molar-refractivity contribution >= 4 is 74.6 Å². The van der Waals surface area contributed by atoms with Gasteiger partial charge in [-0.3, -0.25) is 19.7 Å². The van der Waals surface area contributed by atoms with Gasteiger partial charge in [-0.25, -0.2) is 9.69 Å². The Labute approximate surface area is 188 Å². The maximum atomic E-state index is 12.9. The number of primary amides is 1. The summed E-state index contributed by atoms with van der Waals surface area (Å²) in [6.45, 7) is -0.305. The zero-order valence-electron chi connectivity index (χ0n) is 14.9.